The molecule has 1 spiro atoms. The highest BCUT2D eigenvalue weighted by molar-refractivity contribution is 5.96. The van der Waals surface area contributed by atoms with E-state index in [1.54, 1.807) is 4.90 Å². The fraction of sp³-hybridized carbons (Fsp3) is 0.719. The maximum atomic E-state index is 13.9. The first-order chi connectivity index (χ1) is 19.0. The van der Waals surface area contributed by atoms with Gasteiger partial charge in [0.2, 0.25) is 11.8 Å². The van der Waals surface area contributed by atoms with Gasteiger partial charge in [0, 0.05) is 38.3 Å². The number of para-hydroxylation sites is 1. The number of hydrogen-bond donors (Lipinski definition) is 0. The number of carbonyl (C=O) groups excluding carboxylic acids is 3. The molecule has 0 radical (unpaired) electrons. The van der Waals surface area contributed by atoms with Crippen LogP contribution in [-0.4, -0.2) is 77.4 Å². The number of carbonyl (C=O) groups is 3. The van der Waals surface area contributed by atoms with E-state index < -0.39 is 5.54 Å². The van der Waals surface area contributed by atoms with Gasteiger partial charge in [-0.2, -0.15) is 0 Å². The van der Waals surface area contributed by atoms with Crippen molar-refractivity contribution in [2.75, 3.05) is 44.3 Å². The van der Waals surface area contributed by atoms with Gasteiger partial charge in [0.1, 0.15) is 12.1 Å². The van der Waals surface area contributed by atoms with Crippen molar-refractivity contribution in [1.29, 1.82) is 0 Å². The second kappa shape index (κ2) is 14.7. The van der Waals surface area contributed by atoms with E-state index >= 15 is 0 Å². The minimum absolute atomic E-state index is 0.0442. The summed E-state index contributed by atoms with van der Waals surface area (Å²) in [4.78, 5) is 47.8. The molecule has 3 heterocycles. The molecule has 3 fully saturated rings. The molecule has 3 aliphatic rings. The second-order valence-corrected chi connectivity index (χ2v) is 11.8. The van der Waals surface area contributed by atoms with Crippen molar-refractivity contribution < 1.29 is 14.4 Å². The third-order valence-corrected chi connectivity index (χ3v) is 9.05. The summed E-state index contributed by atoms with van der Waals surface area (Å²) in [5, 5.41) is 0. The zero-order chi connectivity index (χ0) is 27.5. The standard InChI is InChI=1S/C32H50N4O3/c1-2-3-4-5-6-7-8-9-14-19-29(37)34-24-20-32(21-25-34)31(39)35(26-30(38)33-22-15-11-16-23-33)27-36(32)28-17-12-10-13-18-28/h10,12-13,17-18H,2-9,11,14-16,19-27H2,1H3. The lowest BCUT2D eigenvalue weighted by molar-refractivity contribution is -0.142. The molecule has 0 aromatic heterocycles. The van der Waals surface area contributed by atoms with Crippen molar-refractivity contribution in [2.45, 2.75) is 109 Å². The largest absolute Gasteiger partial charge is 0.342 e. The molecule has 0 unspecified atom stereocenters. The van der Waals surface area contributed by atoms with Crippen LogP contribution in [0.25, 0.3) is 0 Å². The van der Waals surface area contributed by atoms with Crippen molar-refractivity contribution in [1.82, 2.24) is 14.7 Å². The van der Waals surface area contributed by atoms with Gasteiger partial charge >= 0.3 is 0 Å². The Balaban J connectivity index is 1.29. The fourth-order valence-corrected chi connectivity index (χ4v) is 6.60. The predicted molar refractivity (Wildman–Crippen MR) is 156 cm³/mol. The van der Waals surface area contributed by atoms with Crippen LogP contribution in [0.3, 0.4) is 0 Å². The Morgan fingerprint density at radius 1 is 0.744 bits per heavy atom. The highest BCUT2D eigenvalue weighted by Gasteiger charge is 2.54. The van der Waals surface area contributed by atoms with Crippen LogP contribution in [0.1, 0.15) is 103 Å². The third-order valence-electron chi connectivity index (χ3n) is 9.05. The van der Waals surface area contributed by atoms with Gasteiger partial charge in [0.25, 0.3) is 5.91 Å². The molecule has 4 rings (SSSR count). The Bertz CT molecular complexity index is 923. The number of unbranched alkanes of at least 4 members (excludes halogenated alkanes) is 8. The van der Waals surface area contributed by atoms with Crippen LogP contribution in [0, 0.1) is 0 Å². The zero-order valence-corrected chi connectivity index (χ0v) is 24.2. The van der Waals surface area contributed by atoms with E-state index in [9.17, 15) is 14.4 Å². The van der Waals surface area contributed by atoms with E-state index in [0.29, 0.717) is 39.0 Å². The number of hydrogen-bond acceptors (Lipinski definition) is 4. The Kier molecular flexibility index (Phi) is 11.1. The number of anilines is 1. The molecule has 3 amide bonds. The molecule has 0 bridgehead atoms. The SMILES string of the molecule is CCCCCCCCCCCC(=O)N1CCC2(CC1)C(=O)N(CC(=O)N1CCCCC1)CN2c1ccccc1. The maximum absolute atomic E-state index is 13.9. The minimum Gasteiger partial charge on any atom is -0.342 e. The van der Waals surface area contributed by atoms with Gasteiger partial charge in [0.05, 0.1) is 6.67 Å². The minimum atomic E-state index is -0.682. The van der Waals surface area contributed by atoms with Crippen LogP contribution in [0.2, 0.25) is 0 Å². The molecule has 0 atom stereocenters. The number of benzene rings is 1. The van der Waals surface area contributed by atoms with Gasteiger partial charge in [-0.25, -0.2) is 0 Å². The number of nitrogens with zero attached hydrogens (tertiary/aromatic N) is 4. The molecule has 3 saturated heterocycles. The van der Waals surface area contributed by atoms with Crippen LogP contribution in [0.15, 0.2) is 30.3 Å². The quantitative estimate of drug-likeness (QED) is 0.307. The molecular formula is C32H50N4O3. The maximum Gasteiger partial charge on any atom is 0.250 e. The highest BCUT2D eigenvalue weighted by Crippen LogP contribution is 2.39. The average molecular weight is 539 g/mol. The van der Waals surface area contributed by atoms with Crippen molar-refractivity contribution in [3.63, 3.8) is 0 Å². The van der Waals surface area contributed by atoms with Crippen molar-refractivity contribution in [2.24, 2.45) is 0 Å². The number of rotatable bonds is 13. The van der Waals surface area contributed by atoms with E-state index in [-0.39, 0.29) is 24.3 Å². The van der Waals surface area contributed by atoms with Gasteiger partial charge in [-0.3, -0.25) is 14.4 Å². The van der Waals surface area contributed by atoms with Gasteiger partial charge in [0.15, 0.2) is 0 Å². The lowest BCUT2D eigenvalue weighted by Crippen LogP contribution is -2.57. The zero-order valence-electron chi connectivity index (χ0n) is 24.2. The van der Waals surface area contributed by atoms with Crippen LogP contribution < -0.4 is 4.90 Å². The van der Waals surface area contributed by atoms with Gasteiger partial charge < -0.3 is 19.6 Å². The van der Waals surface area contributed by atoms with Crippen molar-refractivity contribution >= 4 is 23.4 Å². The normalized spacial score (nSPS) is 19.3. The fourth-order valence-electron chi connectivity index (χ4n) is 6.60. The van der Waals surface area contributed by atoms with Gasteiger partial charge in [-0.1, -0.05) is 76.5 Å². The summed E-state index contributed by atoms with van der Waals surface area (Å²) in [6.07, 6.45) is 16.3. The van der Waals surface area contributed by atoms with E-state index in [4.69, 9.17) is 0 Å². The highest BCUT2D eigenvalue weighted by atomic mass is 16.2. The lowest BCUT2D eigenvalue weighted by atomic mass is 9.85. The summed E-state index contributed by atoms with van der Waals surface area (Å²) < 4.78 is 0. The van der Waals surface area contributed by atoms with E-state index in [2.05, 4.69) is 11.8 Å². The first kappa shape index (κ1) is 29.4. The van der Waals surface area contributed by atoms with E-state index in [0.717, 1.165) is 44.5 Å². The van der Waals surface area contributed by atoms with Crippen LogP contribution in [0.4, 0.5) is 5.69 Å². The molecule has 39 heavy (non-hydrogen) atoms. The Morgan fingerprint density at radius 2 is 1.33 bits per heavy atom. The molecule has 0 aliphatic carbocycles. The topological polar surface area (TPSA) is 64.2 Å². The van der Waals surface area contributed by atoms with Crippen molar-refractivity contribution in [3.8, 4) is 0 Å². The second-order valence-electron chi connectivity index (χ2n) is 11.8. The number of amides is 3. The van der Waals surface area contributed by atoms with Crippen LogP contribution in [-0.2, 0) is 14.4 Å². The number of piperidine rings is 2. The van der Waals surface area contributed by atoms with Gasteiger partial charge in [-0.05, 0) is 50.7 Å². The van der Waals surface area contributed by atoms with E-state index in [1.807, 2.05) is 40.1 Å². The first-order valence-corrected chi connectivity index (χ1v) is 15.7. The first-order valence-electron chi connectivity index (χ1n) is 15.7. The Morgan fingerprint density at radius 3 is 1.97 bits per heavy atom. The van der Waals surface area contributed by atoms with Crippen LogP contribution in [0.5, 0.6) is 0 Å². The van der Waals surface area contributed by atoms with E-state index in [1.165, 1.54) is 51.4 Å². The molecule has 3 aliphatic heterocycles. The molecule has 1 aromatic rings. The Labute approximate surface area is 235 Å². The summed E-state index contributed by atoms with van der Waals surface area (Å²) in [5.74, 6) is 0.325. The molecule has 0 N–H and O–H groups in total. The molecule has 0 saturated carbocycles. The molecule has 216 valence electrons. The lowest BCUT2D eigenvalue weighted by Gasteiger charge is -2.43. The molecular weight excluding hydrogens is 488 g/mol. The predicted octanol–water partition coefficient (Wildman–Crippen LogP) is 5.59. The molecule has 7 heteroatoms. The number of likely N-dealkylation sites (tertiary alicyclic amines) is 2. The summed E-state index contributed by atoms with van der Waals surface area (Å²) >= 11 is 0. The third kappa shape index (κ3) is 7.55. The van der Waals surface area contributed by atoms with Gasteiger partial charge in [-0.15, -0.1) is 0 Å². The molecule has 7 nitrogen and oxygen atoms in total. The average Bonchev–Trinajstić information content (AvgIpc) is 3.23. The monoisotopic (exact) mass is 538 g/mol. The Hall–Kier alpha value is -2.57. The summed E-state index contributed by atoms with van der Waals surface area (Å²) in [7, 11) is 0. The van der Waals surface area contributed by atoms with Crippen LogP contribution >= 0.6 is 0 Å². The smallest absolute Gasteiger partial charge is 0.250 e. The van der Waals surface area contributed by atoms with Crippen molar-refractivity contribution in [3.05, 3.63) is 30.3 Å². The summed E-state index contributed by atoms with van der Waals surface area (Å²) in [6, 6.07) is 10.1. The molecule has 1 aromatic carbocycles. The summed E-state index contributed by atoms with van der Waals surface area (Å²) in [5.41, 5.74) is 0.325. The summed E-state index contributed by atoms with van der Waals surface area (Å²) in [6.45, 7) is 5.60.